The van der Waals surface area contributed by atoms with Gasteiger partial charge in [-0.05, 0) is 47.5 Å². The van der Waals surface area contributed by atoms with Gasteiger partial charge in [-0.3, -0.25) is 0 Å². The summed E-state index contributed by atoms with van der Waals surface area (Å²) in [4.78, 5) is 0. The van der Waals surface area contributed by atoms with Crippen LogP contribution in [-0.2, 0) is 19.4 Å². The van der Waals surface area contributed by atoms with Gasteiger partial charge in [0.1, 0.15) is 24.7 Å². The number of nitrogens with zero attached hydrogens (tertiary/aromatic N) is 2. The van der Waals surface area contributed by atoms with E-state index in [0.717, 1.165) is 12.1 Å². The molecule has 0 aliphatic carbocycles. The van der Waals surface area contributed by atoms with Crippen molar-refractivity contribution in [3.05, 3.63) is 94.5 Å². The van der Waals surface area contributed by atoms with E-state index < -0.39 is 11.7 Å². The molecule has 0 unspecified atom stereocenters. The highest BCUT2D eigenvalue weighted by molar-refractivity contribution is 5.40. The second-order valence-corrected chi connectivity index (χ2v) is 6.39. The molecule has 4 nitrogen and oxygen atoms in total. The van der Waals surface area contributed by atoms with Gasteiger partial charge in [-0.1, -0.05) is 52.0 Å². The van der Waals surface area contributed by atoms with E-state index in [0.29, 0.717) is 22.3 Å². The maximum Gasteiger partial charge on any atom is 0.416 e. The lowest BCUT2D eigenvalue weighted by molar-refractivity contribution is -0.137. The van der Waals surface area contributed by atoms with Crippen molar-refractivity contribution in [3.63, 3.8) is 0 Å². The summed E-state index contributed by atoms with van der Waals surface area (Å²) < 4.78 is 50.9. The quantitative estimate of drug-likeness (QED) is 0.372. The summed E-state index contributed by atoms with van der Waals surface area (Å²) in [5.41, 5.74) is 1.51. The van der Waals surface area contributed by atoms with Gasteiger partial charge in [-0.25, -0.2) is 0 Å². The molecule has 3 aromatic carbocycles. The van der Waals surface area contributed by atoms with Gasteiger partial charge in [0, 0.05) is 6.07 Å². The van der Waals surface area contributed by atoms with Crippen LogP contribution in [0, 0.1) is 22.7 Å². The van der Waals surface area contributed by atoms with Gasteiger partial charge in [0.2, 0.25) is 0 Å². The number of ether oxygens (including phenoxy) is 2. The molecule has 0 fully saturated rings. The number of nitriles is 2. The summed E-state index contributed by atoms with van der Waals surface area (Å²) in [6, 6.07) is 20.3. The van der Waals surface area contributed by atoms with E-state index in [4.69, 9.17) is 20.0 Å². The van der Waals surface area contributed by atoms with Crippen molar-refractivity contribution in [2.24, 2.45) is 0 Å². The van der Waals surface area contributed by atoms with Crippen LogP contribution in [0.4, 0.5) is 13.2 Å². The van der Waals surface area contributed by atoms with Crippen LogP contribution >= 0.6 is 0 Å². The highest BCUT2D eigenvalue weighted by atomic mass is 19.4. The smallest absolute Gasteiger partial charge is 0.416 e. The molecular formula is C27H27F3N2O2. The van der Waals surface area contributed by atoms with E-state index in [2.05, 4.69) is 0 Å². The molecule has 0 saturated carbocycles. The predicted molar refractivity (Wildman–Crippen MR) is 125 cm³/mol. The Morgan fingerprint density at radius 3 is 1.29 bits per heavy atom. The molecule has 0 aliphatic rings. The Labute approximate surface area is 198 Å². The molecule has 0 amide bonds. The molecular weight excluding hydrogens is 441 g/mol. The first kappa shape index (κ1) is 28.1. The molecule has 34 heavy (non-hydrogen) atoms. The van der Waals surface area contributed by atoms with Crippen molar-refractivity contribution < 1.29 is 22.6 Å². The summed E-state index contributed by atoms with van der Waals surface area (Å²) in [7, 11) is 0. The van der Waals surface area contributed by atoms with E-state index in [-0.39, 0.29) is 24.7 Å². The fourth-order valence-corrected chi connectivity index (χ4v) is 2.59. The average molecular weight is 469 g/mol. The van der Waals surface area contributed by atoms with Crippen LogP contribution in [0.25, 0.3) is 0 Å². The van der Waals surface area contributed by atoms with E-state index in [1.807, 2.05) is 39.8 Å². The lowest BCUT2D eigenvalue weighted by Gasteiger charge is -2.14. The van der Waals surface area contributed by atoms with Crippen molar-refractivity contribution in [2.45, 2.75) is 47.1 Å². The zero-order valence-electron chi connectivity index (χ0n) is 19.6. The minimum Gasteiger partial charge on any atom is -0.489 e. The Morgan fingerprint density at radius 1 is 0.647 bits per heavy atom. The van der Waals surface area contributed by atoms with Crippen LogP contribution < -0.4 is 9.47 Å². The fraction of sp³-hybridized carbons (Fsp3) is 0.259. The third kappa shape index (κ3) is 8.88. The number of rotatable bonds is 6. The third-order valence-electron chi connectivity index (χ3n) is 4.18. The molecule has 0 spiro atoms. The monoisotopic (exact) mass is 468 g/mol. The standard InChI is InChI=1S/C23H15F3N2O2.2C2H6/c24-23(25,26)20-9-21(29-14-18-5-1-16(12-27)2-6-18)11-22(10-20)30-15-19-7-3-17(13-28)4-8-19;2*1-2/h1-11H,14-15H2;2*1-2H3. The zero-order valence-corrected chi connectivity index (χ0v) is 19.6. The Morgan fingerprint density at radius 2 is 1.00 bits per heavy atom. The molecule has 0 saturated heterocycles. The van der Waals surface area contributed by atoms with Crippen molar-refractivity contribution in [1.82, 2.24) is 0 Å². The third-order valence-corrected chi connectivity index (χ3v) is 4.18. The van der Waals surface area contributed by atoms with Crippen molar-refractivity contribution in [3.8, 4) is 23.6 Å². The summed E-state index contributed by atoms with van der Waals surface area (Å²) in [5.74, 6) is 0.0352. The minimum atomic E-state index is -4.56. The topological polar surface area (TPSA) is 66.0 Å². The Balaban J connectivity index is 0.00000137. The van der Waals surface area contributed by atoms with Crippen molar-refractivity contribution in [2.75, 3.05) is 0 Å². The van der Waals surface area contributed by atoms with Crippen molar-refractivity contribution >= 4 is 0 Å². The lowest BCUT2D eigenvalue weighted by Crippen LogP contribution is -2.07. The molecule has 7 heteroatoms. The van der Waals surface area contributed by atoms with Crippen LogP contribution in [0.15, 0.2) is 66.7 Å². The molecule has 3 aromatic rings. The molecule has 0 aliphatic heterocycles. The van der Waals surface area contributed by atoms with Gasteiger partial charge >= 0.3 is 6.18 Å². The normalized spacial score (nSPS) is 9.79. The number of hydrogen-bond donors (Lipinski definition) is 0. The summed E-state index contributed by atoms with van der Waals surface area (Å²) >= 11 is 0. The highest BCUT2D eigenvalue weighted by Gasteiger charge is 2.31. The molecule has 0 N–H and O–H groups in total. The number of hydrogen-bond acceptors (Lipinski definition) is 4. The summed E-state index contributed by atoms with van der Waals surface area (Å²) in [5, 5.41) is 17.6. The largest absolute Gasteiger partial charge is 0.489 e. The second-order valence-electron chi connectivity index (χ2n) is 6.39. The van der Waals surface area contributed by atoms with E-state index in [1.165, 1.54) is 6.07 Å². The van der Waals surface area contributed by atoms with E-state index in [1.54, 1.807) is 48.5 Å². The van der Waals surface area contributed by atoms with Gasteiger partial charge in [-0.15, -0.1) is 0 Å². The predicted octanol–water partition coefficient (Wildman–Crippen LogP) is 7.66. The van der Waals surface area contributed by atoms with E-state index in [9.17, 15) is 13.2 Å². The van der Waals surface area contributed by atoms with Gasteiger partial charge < -0.3 is 9.47 Å². The maximum absolute atomic E-state index is 13.3. The van der Waals surface area contributed by atoms with Crippen LogP contribution in [-0.4, -0.2) is 0 Å². The maximum atomic E-state index is 13.3. The highest BCUT2D eigenvalue weighted by Crippen LogP contribution is 2.35. The van der Waals surface area contributed by atoms with Gasteiger partial charge in [0.05, 0.1) is 28.8 Å². The molecule has 178 valence electrons. The molecule has 0 atom stereocenters. The molecule has 0 bridgehead atoms. The molecule has 0 radical (unpaired) electrons. The van der Waals surface area contributed by atoms with Crippen LogP contribution in [0.2, 0.25) is 0 Å². The second kappa shape index (κ2) is 14.2. The zero-order chi connectivity index (χ0) is 25.6. The lowest BCUT2D eigenvalue weighted by atomic mass is 10.1. The molecule has 0 heterocycles. The van der Waals surface area contributed by atoms with Crippen molar-refractivity contribution in [1.29, 1.82) is 10.5 Å². The summed E-state index contributed by atoms with van der Waals surface area (Å²) in [6.45, 7) is 8.09. The van der Waals surface area contributed by atoms with Gasteiger partial charge in [0.15, 0.2) is 0 Å². The average Bonchev–Trinajstić information content (AvgIpc) is 2.88. The first-order valence-corrected chi connectivity index (χ1v) is 10.8. The van der Waals surface area contributed by atoms with Crippen LogP contribution in [0.5, 0.6) is 11.5 Å². The van der Waals surface area contributed by atoms with Crippen LogP contribution in [0.3, 0.4) is 0 Å². The molecule has 3 rings (SSSR count). The van der Waals surface area contributed by atoms with Gasteiger partial charge in [0.25, 0.3) is 0 Å². The first-order valence-electron chi connectivity index (χ1n) is 10.8. The SMILES string of the molecule is CC.CC.N#Cc1ccc(COc2cc(OCc3ccc(C#N)cc3)cc(C(F)(F)F)c2)cc1. The number of alkyl halides is 3. The fourth-order valence-electron chi connectivity index (χ4n) is 2.59. The van der Waals surface area contributed by atoms with Crippen LogP contribution in [0.1, 0.15) is 55.5 Å². The first-order chi connectivity index (χ1) is 16.4. The molecule has 0 aromatic heterocycles. The number of benzene rings is 3. The van der Waals surface area contributed by atoms with Gasteiger partial charge in [-0.2, -0.15) is 23.7 Å². The Bertz CT molecular complexity index is 1020. The summed E-state index contributed by atoms with van der Waals surface area (Å²) in [6.07, 6.45) is -4.56. The van der Waals surface area contributed by atoms with E-state index >= 15 is 0 Å². The number of halogens is 3. The Hall–Kier alpha value is -3.97. The minimum absolute atomic E-state index is 0.0176. The Kier molecular flexibility index (Phi) is 11.7.